The van der Waals surface area contributed by atoms with Crippen LogP contribution in [0.5, 0.6) is 0 Å². The molecule has 0 fully saturated rings. The molecule has 0 bridgehead atoms. The van der Waals surface area contributed by atoms with Crippen LogP contribution in [-0.4, -0.2) is 19.9 Å². The zero-order chi connectivity index (χ0) is 21.0. The maximum atomic E-state index is 6.16. The van der Waals surface area contributed by atoms with Crippen molar-refractivity contribution < 1.29 is 0 Å². The average Bonchev–Trinajstić information content (AvgIpc) is 2.85. The summed E-state index contributed by atoms with van der Waals surface area (Å²) in [6.45, 7) is 0. The number of halogens is 1. The predicted molar refractivity (Wildman–Crippen MR) is 124 cm³/mol. The summed E-state index contributed by atoms with van der Waals surface area (Å²) in [5.74, 6) is 1.88. The predicted octanol–water partition coefficient (Wildman–Crippen LogP) is 6.59. The van der Waals surface area contributed by atoms with Crippen molar-refractivity contribution in [2.45, 2.75) is 0 Å². The highest BCUT2D eigenvalue weighted by molar-refractivity contribution is 6.30. The molecule has 0 aliphatic heterocycles. The molecular weight excluding hydrogens is 404 g/mol. The summed E-state index contributed by atoms with van der Waals surface area (Å²) >= 11 is 6.16. The van der Waals surface area contributed by atoms with E-state index in [1.807, 2.05) is 91.0 Å². The number of rotatable bonds is 4. The number of hydrogen-bond acceptors (Lipinski definition) is 4. The molecule has 0 unspecified atom stereocenters. The van der Waals surface area contributed by atoms with E-state index in [1.54, 1.807) is 12.3 Å². The molecule has 5 heteroatoms. The molecular formula is C26H17ClN4. The van der Waals surface area contributed by atoms with Gasteiger partial charge in [-0.2, -0.15) is 0 Å². The Morgan fingerprint density at radius 3 is 1.58 bits per heavy atom. The zero-order valence-electron chi connectivity index (χ0n) is 16.5. The molecule has 0 saturated carbocycles. The molecule has 31 heavy (non-hydrogen) atoms. The van der Waals surface area contributed by atoms with Crippen LogP contribution >= 0.6 is 11.6 Å². The molecule has 0 radical (unpaired) electrons. The fourth-order valence-electron chi connectivity index (χ4n) is 3.32. The molecule has 0 atom stereocenters. The van der Waals surface area contributed by atoms with E-state index < -0.39 is 0 Å². The molecule has 148 valence electrons. The van der Waals surface area contributed by atoms with Gasteiger partial charge in [-0.1, -0.05) is 90.5 Å². The Bertz CT molecular complexity index is 1280. The van der Waals surface area contributed by atoms with Gasteiger partial charge in [-0.3, -0.25) is 4.98 Å². The first-order chi connectivity index (χ1) is 15.3. The van der Waals surface area contributed by atoms with Crippen LogP contribution in [-0.2, 0) is 0 Å². The zero-order valence-corrected chi connectivity index (χ0v) is 17.2. The standard InChI is InChI=1S/C26H17ClN4/c27-22-14-15-28-23(17-22)20-12-7-13-21(16-20)26-30-24(18-8-3-1-4-9-18)29-25(31-26)19-10-5-2-6-11-19/h1-17H. The molecule has 3 aromatic carbocycles. The quantitative estimate of drug-likeness (QED) is 0.329. The lowest BCUT2D eigenvalue weighted by Crippen LogP contribution is -2.00. The van der Waals surface area contributed by atoms with E-state index in [-0.39, 0.29) is 0 Å². The first kappa shape index (κ1) is 19.1. The minimum Gasteiger partial charge on any atom is -0.256 e. The molecule has 5 aromatic rings. The fourth-order valence-corrected chi connectivity index (χ4v) is 3.48. The summed E-state index contributed by atoms with van der Waals surface area (Å²) in [6.07, 6.45) is 1.70. The third-order valence-electron chi connectivity index (χ3n) is 4.84. The van der Waals surface area contributed by atoms with Crippen molar-refractivity contribution in [3.05, 3.63) is 108 Å². The lowest BCUT2D eigenvalue weighted by Gasteiger charge is -2.09. The Balaban J connectivity index is 1.66. The summed E-state index contributed by atoms with van der Waals surface area (Å²) in [6, 6.07) is 31.5. The molecule has 2 aromatic heterocycles. The van der Waals surface area contributed by atoms with E-state index in [0.29, 0.717) is 22.5 Å². The van der Waals surface area contributed by atoms with Gasteiger partial charge in [-0.05, 0) is 18.2 Å². The molecule has 0 saturated heterocycles. The number of aromatic nitrogens is 4. The molecule has 0 spiro atoms. The molecule has 0 aliphatic rings. The van der Waals surface area contributed by atoms with Gasteiger partial charge >= 0.3 is 0 Å². The lowest BCUT2D eigenvalue weighted by atomic mass is 10.1. The van der Waals surface area contributed by atoms with Gasteiger partial charge in [0.15, 0.2) is 17.5 Å². The van der Waals surface area contributed by atoms with Crippen LogP contribution in [0.2, 0.25) is 5.02 Å². The highest BCUT2D eigenvalue weighted by Crippen LogP contribution is 2.28. The van der Waals surface area contributed by atoms with Gasteiger partial charge in [-0.25, -0.2) is 15.0 Å². The SMILES string of the molecule is Clc1ccnc(-c2cccc(-c3nc(-c4ccccc4)nc(-c4ccccc4)n3)c2)c1. The molecule has 4 nitrogen and oxygen atoms in total. The minimum absolute atomic E-state index is 0.608. The van der Waals surface area contributed by atoms with Gasteiger partial charge in [0, 0.05) is 33.5 Å². The van der Waals surface area contributed by atoms with Crippen molar-refractivity contribution in [2.75, 3.05) is 0 Å². The van der Waals surface area contributed by atoms with Crippen molar-refractivity contribution in [1.29, 1.82) is 0 Å². The lowest BCUT2D eigenvalue weighted by molar-refractivity contribution is 1.07. The van der Waals surface area contributed by atoms with Crippen LogP contribution in [0.1, 0.15) is 0 Å². The van der Waals surface area contributed by atoms with Gasteiger partial charge in [-0.15, -0.1) is 0 Å². The van der Waals surface area contributed by atoms with Crippen LogP contribution in [0.4, 0.5) is 0 Å². The molecule has 0 amide bonds. The molecule has 5 rings (SSSR count). The van der Waals surface area contributed by atoms with E-state index in [2.05, 4.69) is 4.98 Å². The van der Waals surface area contributed by atoms with Crippen LogP contribution in [0.3, 0.4) is 0 Å². The fraction of sp³-hybridized carbons (Fsp3) is 0. The average molecular weight is 421 g/mol. The van der Waals surface area contributed by atoms with E-state index in [0.717, 1.165) is 27.9 Å². The molecule has 2 heterocycles. The summed E-state index contributed by atoms with van der Waals surface area (Å²) in [5.41, 5.74) is 4.51. The monoisotopic (exact) mass is 420 g/mol. The van der Waals surface area contributed by atoms with Crippen LogP contribution < -0.4 is 0 Å². The Morgan fingerprint density at radius 1 is 0.484 bits per heavy atom. The molecule has 0 N–H and O–H groups in total. The smallest absolute Gasteiger partial charge is 0.164 e. The van der Waals surface area contributed by atoms with Crippen molar-refractivity contribution in [3.63, 3.8) is 0 Å². The van der Waals surface area contributed by atoms with Crippen LogP contribution in [0.25, 0.3) is 45.4 Å². The van der Waals surface area contributed by atoms with E-state index in [4.69, 9.17) is 26.6 Å². The number of nitrogens with zero attached hydrogens (tertiary/aromatic N) is 4. The van der Waals surface area contributed by atoms with Crippen LogP contribution in [0, 0.1) is 0 Å². The number of pyridine rings is 1. The highest BCUT2D eigenvalue weighted by Gasteiger charge is 2.13. The van der Waals surface area contributed by atoms with Crippen molar-refractivity contribution >= 4 is 11.6 Å². The maximum Gasteiger partial charge on any atom is 0.164 e. The third-order valence-corrected chi connectivity index (χ3v) is 5.07. The van der Waals surface area contributed by atoms with E-state index >= 15 is 0 Å². The Morgan fingerprint density at radius 2 is 1.00 bits per heavy atom. The Hall–Kier alpha value is -3.89. The second-order valence-electron chi connectivity index (χ2n) is 6.98. The molecule has 0 aliphatic carbocycles. The van der Waals surface area contributed by atoms with E-state index in [1.165, 1.54) is 0 Å². The number of benzene rings is 3. The normalized spacial score (nSPS) is 10.7. The first-order valence-electron chi connectivity index (χ1n) is 9.85. The van der Waals surface area contributed by atoms with Gasteiger partial charge < -0.3 is 0 Å². The highest BCUT2D eigenvalue weighted by atomic mass is 35.5. The Kier molecular flexibility index (Phi) is 5.21. The van der Waals surface area contributed by atoms with Crippen molar-refractivity contribution in [1.82, 2.24) is 19.9 Å². The van der Waals surface area contributed by atoms with E-state index in [9.17, 15) is 0 Å². The summed E-state index contributed by atoms with van der Waals surface area (Å²) in [5, 5.41) is 0.647. The third kappa shape index (κ3) is 4.20. The van der Waals surface area contributed by atoms with Gasteiger partial charge in [0.05, 0.1) is 5.69 Å². The van der Waals surface area contributed by atoms with Crippen molar-refractivity contribution in [2.24, 2.45) is 0 Å². The largest absolute Gasteiger partial charge is 0.256 e. The van der Waals surface area contributed by atoms with Gasteiger partial charge in [0.25, 0.3) is 0 Å². The summed E-state index contributed by atoms with van der Waals surface area (Å²) in [7, 11) is 0. The van der Waals surface area contributed by atoms with Gasteiger partial charge in [0.2, 0.25) is 0 Å². The maximum absolute atomic E-state index is 6.16. The Labute approximate surface area is 185 Å². The number of hydrogen-bond donors (Lipinski definition) is 0. The second kappa shape index (κ2) is 8.46. The van der Waals surface area contributed by atoms with Crippen molar-refractivity contribution in [3.8, 4) is 45.4 Å². The summed E-state index contributed by atoms with van der Waals surface area (Å²) < 4.78 is 0. The van der Waals surface area contributed by atoms with Crippen LogP contribution in [0.15, 0.2) is 103 Å². The topological polar surface area (TPSA) is 51.6 Å². The minimum atomic E-state index is 0.608. The van der Waals surface area contributed by atoms with Gasteiger partial charge in [0.1, 0.15) is 0 Å². The summed E-state index contributed by atoms with van der Waals surface area (Å²) in [4.78, 5) is 18.7. The second-order valence-corrected chi connectivity index (χ2v) is 7.41. The first-order valence-corrected chi connectivity index (χ1v) is 10.2.